The van der Waals surface area contributed by atoms with E-state index < -0.39 is 0 Å². The molecule has 29 heavy (non-hydrogen) atoms. The highest BCUT2D eigenvalue weighted by molar-refractivity contribution is 5.95. The predicted molar refractivity (Wildman–Crippen MR) is 103 cm³/mol. The van der Waals surface area contributed by atoms with Gasteiger partial charge in [0.25, 0.3) is 0 Å². The number of hydrogen-bond acceptors (Lipinski definition) is 8. The molecule has 0 atom stereocenters. The third-order valence-electron chi connectivity index (χ3n) is 5.74. The van der Waals surface area contributed by atoms with Gasteiger partial charge >= 0.3 is 12.1 Å². The maximum atomic E-state index is 13.2. The van der Waals surface area contributed by atoms with Crippen LogP contribution in [0.25, 0.3) is 0 Å². The quantitative estimate of drug-likeness (QED) is 0.548. The molecule has 4 aliphatic heterocycles. The number of hydrogen-bond donors (Lipinski definition) is 0. The monoisotopic (exact) mass is 412 g/mol. The molecule has 0 spiro atoms. The van der Waals surface area contributed by atoms with E-state index in [1.807, 2.05) is 0 Å². The van der Waals surface area contributed by atoms with Gasteiger partial charge in [-0.1, -0.05) is 0 Å². The molecule has 0 aliphatic carbocycles. The van der Waals surface area contributed by atoms with Crippen LogP contribution in [0.5, 0.6) is 0 Å². The zero-order valence-electron chi connectivity index (χ0n) is 17.0. The third-order valence-corrected chi connectivity index (χ3v) is 5.74. The van der Waals surface area contributed by atoms with E-state index in [0.717, 1.165) is 39.3 Å². The van der Waals surface area contributed by atoms with Crippen molar-refractivity contribution in [3.05, 3.63) is 0 Å². The Labute approximate surface area is 171 Å². The lowest BCUT2D eigenvalue weighted by atomic mass is 10.4. The van der Waals surface area contributed by atoms with Gasteiger partial charge in [0.15, 0.2) is 0 Å². The van der Waals surface area contributed by atoms with Crippen molar-refractivity contribution in [3.8, 4) is 0 Å². The van der Waals surface area contributed by atoms with Crippen molar-refractivity contribution in [2.24, 2.45) is 0 Å². The second kappa shape index (κ2) is 10.0. The molecular formula is C18H32N6O5. The van der Waals surface area contributed by atoms with Gasteiger partial charge in [-0.15, -0.1) is 0 Å². The van der Waals surface area contributed by atoms with Crippen LogP contribution in [-0.2, 0) is 14.2 Å². The number of imide groups is 1. The fraction of sp³-hybridized carbons (Fsp3) is 0.889. The van der Waals surface area contributed by atoms with Crippen molar-refractivity contribution in [1.29, 1.82) is 0 Å². The molecule has 4 rings (SSSR count). The molecule has 4 aliphatic rings. The second-order valence-corrected chi connectivity index (χ2v) is 7.83. The Morgan fingerprint density at radius 1 is 0.552 bits per heavy atom. The summed E-state index contributed by atoms with van der Waals surface area (Å²) in [4.78, 5) is 37.8. The first-order chi connectivity index (χ1) is 14.2. The van der Waals surface area contributed by atoms with Gasteiger partial charge in [0, 0.05) is 39.3 Å². The molecule has 4 saturated heterocycles. The van der Waals surface area contributed by atoms with Crippen LogP contribution < -0.4 is 0 Å². The Balaban J connectivity index is 1.44. The standard InChI is InChI=1S/C18H32N6O5/c25-17-22(13-19-1-7-27-8-2-19)16-23(14-20-3-9-28-10-4-20)18(26)24(17)15-21-5-11-29-12-6-21/h1-16H2. The highest BCUT2D eigenvalue weighted by Gasteiger charge is 2.39. The summed E-state index contributed by atoms with van der Waals surface area (Å²) in [6.07, 6.45) is 0. The Bertz CT molecular complexity index is 525. The van der Waals surface area contributed by atoms with Gasteiger partial charge < -0.3 is 14.2 Å². The fourth-order valence-corrected chi connectivity index (χ4v) is 3.99. The lowest BCUT2D eigenvalue weighted by Crippen LogP contribution is -2.66. The molecule has 0 bridgehead atoms. The van der Waals surface area contributed by atoms with Crippen LogP contribution in [-0.4, -0.2) is 147 Å². The van der Waals surface area contributed by atoms with E-state index in [-0.39, 0.29) is 12.1 Å². The minimum atomic E-state index is -0.216. The molecule has 0 aromatic carbocycles. The molecule has 4 fully saturated rings. The third kappa shape index (κ3) is 5.36. The van der Waals surface area contributed by atoms with E-state index in [4.69, 9.17) is 14.2 Å². The molecule has 0 unspecified atom stereocenters. The Morgan fingerprint density at radius 2 is 0.897 bits per heavy atom. The number of morpholine rings is 3. The van der Waals surface area contributed by atoms with Crippen LogP contribution in [0.2, 0.25) is 0 Å². The van der Waals surface area contributed by atoms with Crippen LogP contribution in [0.1, 0.15) is 0 Å². The van der Waals surface area contributed by atoms with E-state index in [2.05, 4.69) is 14.7 Å². The van der Waals surface area contributed by atoms with Crippen molar-refractivity contribution in [1.82, 2.24) is 29.4 Å². The van der Waals surface area contributed by atoms with Gasteiger partial charge in [0.05, 0.1) is 59.6 Å². The maximum absolute atomic E-state index is 13.2. The lowest BCUT2D eigenvalue weighted by Gasteiger charge is -2.45. The Hall–Kier alpha value is -1.50. The van der Waals surface area contributed by atoms with Gasteiger partial charge in [0.1, 0.15) is 6.67 Å². The number of nitrogens with zero attached hydrogens (tertiary/aromatic N) is 6. The van der Waals surface area contributed by atoms with E-state index in [1.54, 1.807) is 9.80 Å². The number of amides is 4. The van der Waals surface area contributed by atoms with E-state index in [9.17, 15) is 9.59 Å². The topological polar surface area (TPSA) is 81.3 Å². The molecule has 11 nitrogen and oxygen atoms in total. The van der Waals surface area contributed by atoms with Gasteiger partial charge in [-0.3, -0.25) is 24.5 Å². The highest BCUT2D eigenvalue weighted by atomic mass is 16.5. The number of rotatable bonds is 6. The molecule has 0 radical (unpaired) electrons. The van der Waals surface area contributed by atoms with Crippen LogP contribution in [0, 0.1) is 0 Å². The number of carbonyl (C=O) groups is 2. The van der Waals surface area contributed by atoms with Crippen LogP contribution in [0.4, 0.5) is 9.59 Å². The molecule has 164 valence electrons. The summed E-state index contributed by atoms with van der Waals surface area (Å²) in [5, 5.41) is 0. The summed E-state index contributed by atoms with van der Waals surface area (Å²) in [5.41, 5.74) is 0. The summed E-state index contributed by atoms with van der Waals surface area (Å²) < 4.78 is 16.2. The van der Waals surface area contributed by atoms with Crippen molar-refractivity contribution in [2.45, 2.75) is 0 Å². The first-order valence-corrected chi connectivity index (χ1v) is 10.5. The Kier molecular flexibility index (Phi) is 7.16. The first kappa shape index (κ1) is 20.8. The minimum Gasteiger partial charge on any atom is -0.379 e. The van der Waals surface area contributed by atoms with Crippen molar-refractivity contribution in [2.75, 3.05) is 106 Å². The Morgan fingerprint density at radius 3 is 1.28 bits per heavy atom. The van der Waals surface area contributed by atoms with Crippen molar-refractivity contribution < 1.29 is 23.8 Å². The number of ether oxygens (including phenoxy) is 3. The normalized spacial score (nSPS) is 26.4. The average molecular weight is 412 g/mol. The molecule has 0 N–H and O–H groups in total. The highest BCUT2D eigenvalue weighted by Crippen LogP contribution is 2.17. The molecule has 0 saturated carbocycles. The predicted octanol–water partition coefficient (Wildman–Crippen LogP) is -1.03. The summed E-state index contributed by atoms with van der Waals surface area (Å²) >= 11 is 0. The van der Waals surface area contributed by atoms with E-state index in [1.165, 1.54) is 4.90 Å². The summed E-state index contributed by atoms with van der Waals surface area (Å²) in [6, 6.07) is -0.433. The second-order valence-electron chi connectivity index (χ2n) is 7.83. The smallest absolute Gasteiger partial charge is 0.331 e. The van der Waals surface area contributed by atoms with Crippen molar-refractivity contribution in [3.63, 3.8) is 0 Å². The zero-order chi connectivity index (χ0) is 20.1. The molecule has 0 aromatic heterocycles. The lowest BCUT2D eigenvalue weighted by molar-refractivity contribution is -0.0312. The average Bonchev–Trinajstić information content (AvgIpc) is 2.77. The molecule has 0 aromatic rings. The zero-order valence-corrected chi connectivity index (χ0v) is 17.0. The summed E-state index contributed by atoms with van der Waals surface area (Å²) in [5.74, 6) is 0. The van der Waals surface area contributed by atoms with Gasteiger partial charge in [-0.05, 0) is 0 Å². The summed E-state index contributed by atoms with van der Waals surface area (Å²) in [6.45, 7) is 10.2. The largest absolute Gasteiger partial charge is 0.379 e. The molecule has 4 amide bonds. The van der Waals surface area contributed by atoms with Crippen LogP contribution >= 0.6 is 0 Å². The van der Waals surface area contributed by atoms with Gasteiger partial charge in [-0.2, -0.15) is 0 Å². The SMILES string of the molecule is O=C1N(CN2CCOCC2)CN(CN2CCOCC2)C(=O)N1CN1CCOCC1. The van der Waals surface area contributed by atoms with E-state index in [0.29, 0.717) is 66.3 Å². The number of carbonyl (C=O) groups excluding carboxylic acids is 2. The first-order valence-electron chi connectivity index (χ1n) is 10.5. The molecule has 11 heteroatoms. The van der Waals surface area contributed by atoms with Crippen molar-refractivity contribution >= 4 is 12.1 Å². The van der Waals surface area contributed by atoms with E-state index >= 15 is 0 Å². The minimum absolute atomic E-state index is 0.216. The summed E-state index contributed by atoms with van der Waals surface area (Å²) in [7, 11) is 0. The van der Waals surface area contributed by atoms with Crippen LogP contribution in [0.15, 0.2) is 0 Å². The number of urea groups is 2. The molecule has 4 heterocycles. The maximum Gasteiger partial charge on any atom is 0.331 e. The van der Waals surface area contributed by atoms with Gasteiger partial charge in [0.2, 0.25) is 0 Å². The fourth-order valence-electron chi connectivity index (χ4n) is 3.99. The van der Waals surface area contributed by atoms with Gasteiger partial charge in [-0.25, -0.2) is 14.5 Å². The molecular weight excluding hydrogens is 380 g/mol. The van der Waals surface area contributed by atoms with Crippen LogP contribution in [0.3, 0.4) is 0 Å².